The van der Waals surface area contributed by atoms with Crippen LogP contribution in [0, 0.1) is 0 Å². The second kappa shape index (κ2) is 6.27. The Bertz CT molecular complexity index is 745. The largest absolute Gasteiger partial charge is 0.493 e. The van der Waals surface area contributed by atoms with Gasteiger partial charge in [-0.2, -0.15) is 10.5 Å². The van der Waals surface area contributed by atoms with Crippen LogP contribution in [0.4, 0.5) is 0 Å². The number of nitrogens with zero attached hydrogens (tertiary/aromatic N) is 4. The fourth-order valence-electron chi connectivity index (χ4n) is 1.93. The molecule has 1 N–H and O–H groups in total. The zero-order valence-corrected chi connectivity index (χ0v) is 11.8. The third-order valence-electron chi connectivity index (χ3n) is 2.88. The molecule has 0 amide bonds. The molecule has 0 aliphatic carbocycles. The highest BCUT2D eigenvalue weighted by Gasteiger charge is 2.14. The van der Waals surface area contributed by atoms with Crippen molar-refractivity contribution in [3.8, 4) is 17.4 Å². The Balaban J connectivity index is 2.01. The number of aromatic nitrogens is 2. The van der Waals surface area contributed by atoms with Gasteiger partial charge in [0.15, 0.2) is 17.3 Å². The van der Waals surface area contributed by atoms with Gasteiger partial charge in [-0.25, -0.2) is 9.97 Å². The highest BCUT2D eigenvalue weighted by Crippen LogP contribution is 2.35. The van der Waals surface area contributed by atoms with Gasteiger partial charge in [0, 0.05) is 6.07 Å². The molecule has 0 atom stereocenters. The van der Waals surface area contributed by atoms with Gasteiger partial charge in [-0.15, -0.1) is 0 Å². The summed E-state index contributed by atoms with van der Waals surface area (Å²) in [5.74, 6) is 1.84. The molecule has 1 radical (unpaired) electrons. The summed E-state index contributed by atoms with van der Waals surface area (Å²) in [4.78, 5) is 8.32. The lowest BCUT2D eigenvalue weighted by atomic mass is 10.2. The van der Waals surface area contributed by atoms with Crippen molar-refractivity contribution in [1.82, 2.24) is 15.4 Å². The maximum Gasteiger partial charge on any atom is 0.230 e. The van der Waals surface area contributed by atoms with Crippen molar-refractivity contribution in [3.05, 3.63) is 30.4 Å². The molecule has 22 heavy (non-hydrogen) atoms. The maximum absolute atomic E-state index is 8.87. The van der Waals surface area contributed by atoms with Crippen LogP contribution in [0.2, 0.25) is 0 Å². The Morgan fingerprint density at radius 3 is 2.82 bits per heavy atom. The Kier molecular flexibility index (Phi) is 4.01. The van der Waals surface area contributed by atoms with Gasteiger partial charge in [0.25, 0.3) is 0 Å². The van der Waals surface area contributed by atoms with Gasteiger partial charge < -0.3 is 19.3 Å². The van der Waals surface area contributed by atoms with E-state index in [0.717, 1.165) is 0 Å². The minimum atomic E-state index is -0.0870. The summed E-state index contributed by atoms with van der Waals surface area (Å²) >= 11 is 0. The molecule has 0 spiro atoms. The van der Waals surface area contributed by atoms with Gasteiger partial charge in [0.1, 0.15) is 12.9 Å². The smallest absolute Gasteiger partial charge is 0.230 e. The van der Waals surface area contributed by atoms with Crippen LogP contribution < -0.4 is 19.6 Å². The number of aliphatic hydroxyl groups is 1. The molecule has 1 aliphatic rings. The summed E-state index contributed by atoms with van der Waals surface area (Å²) in [7, 11) is 1.53. The first-order chi connectivity index (χ1) is 10.8. The van der Waals surface area contributed by atoms with Crippen molar-refractivity contribution in [1.29, 1.82) is 0 Å². The zero-order valence-electron chi connectivity index (χ0n) is 11.8. The topological polar surface area (TPSA) is 100 Å². The SMILES string of the molecule is COc1cc2c(OC3=C[N]N=C3)ncnc2cc1OCCO. The first-order valence-corrected chi connectivity index (χ1v) is 6.49. The van der Waals surface area contributed by atoms with Crippen LogP contribution >= 0.6 is 0 Å². The maximum atomic E-state index is 8.87. The first kappa shape index (κ1) is 14.1. The predicted molar refractivity (Wildman–Crippen MR) is 78.0 cm³/mol. The molecule has 113 valence electrons. The molecular formula is C14H13N4O4. The number of hydrogen-bond donors (Lipinski definition) is 1. The standard InChI is InChI=1S/C14H13N4O4/c1-20-12-4-10-11(5-13(12)21-3-2-19)15-8-16-14(10)22-9-6-17-18-7-9/h4-8,19H,2-3H2,1H3. The third kappa shape index (κ3) is 2.77. The first-order valence-electron chi connectivity index (χ1n) is 6.49. The molecule has 2 aromatic rings. The molecular weight excluding hydrogens is 288 g/mol. The van der Waals surface area contributed by atoms with E-state index in [1.807, 2.05) is 0 Å². The van der Waals surface area contributed by atoms with Crippen LogP contribution in [0.1, 0.15) is 0 Å². The Morgan fingerprint density at radius 1 is 1.18 bits per heavy atom. The van der Waals surface area contributed by atoms with Gasteiger partial charge in [-0.3, -0.25) is 0 Å². The van der Waals surface area contributed by atoms with Crippen molar-refractivity contribution >= 4 is 17.1 Å². The van der Waals surface area contributed by atoms with E-state index in [4.69, 9.17) is 19.3 Å². The summed E-state index contributed by atoms with van der Waals surface area (Å²) in [6.45, 7) is 0.0808. The number of benzene rings is 1. The normalized spacial score (nSPS) is 12.9. The van der Waals surface area contributed by atoms with Crippen molar-refractivity contribution in [2.75, 3.05) is 20.3 Å². The fourth-order valence-corrected chi connectivity index (χ4v) is 1.93. The highest BCUT2D eigenvalue weighted by atomic mass is 16.5. The van der Waals surface area contributed by atoms with E-state index in [-0.39, 0.29) is 13.2 Å². The monoisotopic (exact) mass is 301 g/mol. The van der Waals surface area contributed by atoms with E-state index in [9.17, 15) is 0 Å². The number of allylic oxidation sites excluding steroid dienone is 1. The molecule has 2 heterocycles. The molecule has 0 bridgehead atoms. The summed E-state index contributed by atoms with van der Waals surface area (Å²) in [6, 6.07) is 3.43. The van der Waals surface area contributed by atoms with Gasteiger partial charge in [0.2, 0.25) is 5.88 Å². The molecule has 0 saturated heterocycles. The summed E-state index contributed by atoms with van der Waals surface area (Å²) in [6.07, 6.45) is 4.37. The zero-order chi connectivity index (χ0) is 15.4. The second-order valence-electron chi connectivity index (χ2n) is 4.26. The third-order valence-corrected chi connectivity index (χ3v) is 2.88. The van der Waals surface area contributed by atoms with Crippen molar-refractivity contribution < 1.29 is 19.3 Å². The Hall–Kier alpha value is -2.87. The average molecular weight is 301 g/mol. The minimum absolute atomic E-state index is 0.0870. The van der Waals surface area contributed by atoms with Crippen LogP contribution in [-0.2, 0) is 0 Å². The number of hydrogen-bond acceptors (Lipinski definition) is 7. The number of ether oxygens (including phenoxy) is 3. The van der Waals surface area contributed by atoms with Crippen LogP contribution in [0.5, 0.6) is 17.4 Å². The summed E-state index contributed by atoms with van der Waals surface area (Å²) in [5, 5.41) is 13.2. The van der Waals surface area contributed by atoms with E-state index in [1.165, 1.54) is 25.9 Å². The molecule has 0 saturated carbocycles. The molecule has 8 heteroatoms. The van der Waals surface area contributed by atoms with Crippen LogP contribution in [0.25, 0.3) is 10.9 Å². The van der Waals surface area contributed by atoms with E-state index in [0.29, 0.717) is 34.0 Å². The molecule has 1 aromatic heterocycles. The average Bonchev–Trinajstić information content (AvgIpc) is 3.05. The second-order valence-corrected chi connectivity index (χ2v) is 4.26. The fraction of sp³-hybridized carbons (Fsp3) is 0.214. The number of fused-ring (bicyclic) bond motifs is 1. The Labute approximate surface area is 126 Å². The quantitative estimate of drug-likeness (QED) is 0.848. The molecule has 1 aliphatic heterocycles. The van der Waals surface area contributed by atoms with Crippen LogP contribution in [0.15, 0.2) is 35.5 Å². The van der Waals surface area contributed by atoms with Gasteiger partial charge >= 0.3 is 0 Å². The number of methoxy groups -OCH3 is 1. The Morgan fingerprint density at radius 2 is 2.09 bits per heavy atom. The minimum Gasteiger partial charge on any atom is -0.493 e. The van der Waals surface area contributed by atoms with Crippen molar-refractivity contribution in [3.63, 3.8) is 0 Å². The number of aliphatic hydroxyl groups excluding tert-OH is 1. The molecule has 3 rings (SSSR count). The lowest BCUT2D eigenvalue weighted by Gasteiger charge is -2.12. The van der Waals surface area contributed by atoms with Crippen LogP contribution in [0.3, 0.4) is 0 Å². The highest BCUT2D eigenvalue weighted by molar-refractivity contribution is 5.87. The lowest BCUT2D eigenvalue weighted by molar-refractivity contribution is 0.196. The predicted octanol–water partition coefficient (Wildman–Crippen LogP) is 0.833. The van der Waals surface area contributed by atoms with E-state index in [2.05, 4.69) is 20.5 Å². The van der Waals surface area contributed by atoms with E-state index < -0.39 is 0 Å². The lowest BCUT2D eigenvalue weighted by Crippen LogP contribution is -2.04. The molecule has 0 fully saturated rings. The number of rotatable bonds is 6. The molecule has 0 unspecified atom stereocenters. The van der Waals surface area contributed by atoms with Crippen LogP contribution in [-0.4, -0.2) is 41.6 Å². The van der Waals surface area contributed by atoms with E-state index >= 15 is 0 Å². The van der Waals surface area contributed by atoms with Gasteiger partial charge in [-0.05, 0) is 6.07 Å². The van der Waals surface area contributed by atoms with Crippen molar-refractivity contribution in [2.45, 2.75) is 0 Å². The summed E-state index contributed by atoms with van der Waals surface area (Å²) < 4.78 is 16.4. The summed E-state index contributed by atoms with van der Waals surface area (Å²) in [5.41, 5.74) is 4.32. The van der Waals surface area contributed by atoms with Gasteiger partial charge in [-0.1, -0.05) is 0 Å². The van der Waals surface area contributed by atoms with E-state index in [1.54, 1.807) is 12.1 Å². The molecule has 8 nitrogen and oxygen atoms in total. The van der Waals surface area contributed by atoms with Gasteiger partial charge in [0.05, 0.1) is 37.0 Å². The molecule has 1 aromatic carbocycles. The van der Waals surface area contributed by atoms with Crippen molar-refractivity contribution in [2.24, 2.45) is 5.10 Å².